The number of halogens is 1. The predicted octanol–water partition coefficient (Wildman–Crippen LogP) is 2.52. The third kappa shape index (κ3) is 2.63. The van der Waals surface area contributed by atoms with Gasteiger partial charge in [-0.05, 0) is 18.2 Å². The van der Waals surface area contributed by atoms with Crippen LogP contribution >= 0.6 is 22.9 Å². The molecule has 1 N–H and O–H groups in total. The topological polar surface area (TPSA) is 64.0 Å². The minimum atomic E-state index is -0.325. The zero-order valence-electron chi connectivity index (χ0n) is 11.7. The standard InChI is InChI=1S/C15H12ClN3O2S/c1-17-14(20)13-10-4-2-3-5-11(10)15(21)19(18-13)8-9-6-7-12(16)22-9/h2-7H,8H2,1H3,(H,17,20). The second-order valence-electron chi connectivity index (χ2n) is 4.64. The third-order valence-corrected chi connectivity index (χ3v) is 4.46. The van der Waals surface area contributed by atoms with E-state index < -0.39 is 0 Å². The van der Waals surface area contributed by atoms with Gasteiger partial charge in [-0.3, -0.25) is 9.59 Å². The van der Waals surface area contributed by atoms with Gasteiger partial charge in [-0.2, -0.15) is 5.10 Å². The predicted molar refractivity (Wildman–Crippen MR) is 87.8 cm³/mol. The van der Waals surface area contributed by atoms with Crippen LogP contribution in [0, 0.1) is 0 Å². The van der Waals surface area contributed by atoms with E-state index in [4.69, 9.17) is 11.6 Å². The van der Waals surface area contributed by atoms with Crippen molar-refractivity contribution >= 4 is 39.6 Å². The molecule has 7 heteroatoms. The molecule has 3 rings (SSSR count). The van der Waals surface area contributed by atoms with E-state index >= 15 is 0 Å². The first-order valence-electron chi connectivity index (χ1n) is 6.56. The number of rotatable bonds is 3. The number of fused-ring (bicyclic) bond motifs is 1. The summed E-state index contributed by atoms with van der Waals surface area (Å²) in [6.45, 7) is 0.283. The number of carbonyl (C=O) groups is 1. The molecule has 0 unspecified atom stereocenters. The summed E-state index contributed by atoms with van der Waals surface area (Å²) in [4.78, 5) is 25.5. The highest BCUT2D eigenvalue weighted by Gasteiger charge is 2.15. The van der Waals surface area contributed by atoms with Gasteiger partial charge in [0.2, 0.25) is 0 Å². The van der Waals surface area contributed by atoms with Gasteiger partial charge in [0.1, 0.15) is 0 Å². The Balaban J connectivity index is 2.20. The number of carbonyl (C=O) groups excluding carboxylic acids is 1. The van der Waals surface area contributed by atoms with Crippen molar-refractivity contribution in [1.29, 1.82) is 0 Å². The second kappa shape index (κ2) is 5.90. The van der Waals surface area contributed by atoms with Crippen LogP contribution in [0.5, 0.6) is 0 Å². The molecule has 0 atom stereocenters. The Kier molecular flexibility index (Phi) is 3.96. The number of thiophene rings is 1. The van der Waals surface area contributed by atoms with E-state index in [0.717, 1.165) is 4.88 Å². The fourth-order valence-corrected chi connectivity index (χ4v) is 3.28. The minimum Gasteiger partial charge on any atom is -0.354 e. The summed E-state index contributed by atoms with van der Waals surface area (Å²) in [6.07, 6.45) is 0. The van der Waals surface area contributed by atoms with Crippen LogP contribution in [0.1, 0.15) is 15.4 Å². The second-order valence-corrected chi connectivity index (χ2v) is 6.44. The number of benzene rings is 1. The number of nitrogens with one attached hydrogen (secondary N) is 1. The molecule has 0 spiro atoms. The lowest BCUT2D eigenvalue weighted by atomic mass is 10.1. The molecule has 22 heavy (non-hydrogen) atoms. The molecule has 2 heterocycles. The lowest BCUT2D eigenvalue weighted by Crippen LogP contribution is -2.29. The first-order chi connectivity index (χ1) is 10.6. The van der Waals surface area contributed by atoms with Crippen LogP contribution < -0.4 is 10.9 Å². The molecule has 0 saturated heterocycles. The van der Waals surface area contributed by atoms with Crippen molar-refractivity contribution in [3.05, 3.63) is 61.7 Å². The molecule has 0 aliphatic heterocycles. The van der Waals surface area contributed by atoms with Gasteiger partial charge in [-0.1, -0.05) is 29.8 Å². The largest absolute Gasteiger partial charge is 0.354 e. The molecule has 3 aromatic rings. The first kappa shape index (κ1) is 14.7. The number of hydrogen-bond donors (Lipinski definition) is 1. The molecule has 112 valence electrons. The summed E-state index contributed by atoms with van der Waals surface area (Å²) in [6, 6.07) is 10.6. The summed E-state index contributed by atoms with van der Waals surface area (Å²) in [7, 11) is 1.53. The van der Waals surface area contributed by atoms with E-state index in [1.807, 2.05) is 6.07 Å². The van der Waals surface area contributed by atoms with Crippen LogP contribution in [0.2, 0.25) is 4.34 Å². The zero-order valence-corrected chi connectivity index (χ0v) is 13.2. The van der Waals surface area contributed by atoms with Crippen LogP contribution in [-0.4, -0.2) is 22.7 Å². The average Bonchev–Trinajstić information content (AvgIpc) is 2.94. The van der Waals surface area contributed by atoms with Crippen molar-refractivity contribution in [2.45, 2.75) is 6.54 Å². The molecule has 1 amide bonds. The summed E-state index contributed by atoms with van der Waals surface area (Å²) in [5.74, 6) is -0.325. The van der Waals surface area contributed by atoms with Crippen LogP contribution in [0.25, 0.3) is 10.8 Å². The summed E-state index contributed by atoms with van der Waals surface area (Å²) >= 11 is 7.29. The molecule has 0 saturated carbocycles. The van der Waals surface area contributed by atoms with Crippen LogP contribution in [-0.2, 0) is 6.54 Å². The maximum Gasteiger partial charge on any atom is 0.275 e. The highest BCUT2D eigenvalue weighted by Crippen LogP contribution is 2.22. The van der Waals surface area contributed by atoms with E-state index in [1.165, 1.54) is 23.1 Å². The quantitative estimate of drug-likeness (QED) is 0.801. The van der Waals surface area contributed by atoms with E-state index in [1.54, 1.807) is 30.3 Å². The smallest absolute Gasteiger partial charge is 0.275 e. The van der Waals surface area contributed by atoms with E-state index in [2.05, 4.69) is 10.4 Å². The summed E-state index contributed by atoms with van der Waals surface area (Å²) in [5, 5.41) is 7.80. The third-order valence-electron chi connectivity index (χ3n) is 3.24. The number of nitrogens with zero attached hydrogens (tertiary/aromatic N) is 2. The van der Waals surface area contributed by atoms with Gasteiger partial charge in [0.15, 0.2) is 5.69 Å². The lowest BCUT2D eigenvalue weighted by Gasteiger charge is -2.09. The van der Waals surface area contributed by atoms with Gasteiger partial charge < -0.3 is 5.32 Å². The van der Waals surface area contributed by atoms with Gasteiger partial charge in [0, 0.05) is 17.3 Å². The average molecular weight is 334 g/mol. The molecular weight excluding hydrogens is 322 g/mol. The monoisotopic (exact) mass is 333 g/mol. The highest BCUT2D eigenvalue weighted by molar-refractivity contribution is 7.16. The maximum atomic E-state index is 12.5. The van der Waals surface area contributed by atoms with Crippen LogP contribution in [0.4, 0.5) is 0 Å². The van der Waals surface area contributed by atoms with Gasteiger partial charge in [0.25, 0.3) is 11.5 Å². The van der Waals surface area contributed by atoms with Crippen molar-refractivity contribution in [1.82, 2.24) is 15.1 Å². The maximum absolute atomic E-state index is 12.5. The minimum absolute atomic E-state index is 0.229. The van der Waals surface area contributed by atoms with Crippen LogP contribution in [0.3, 0.4) is 0 Å². The highest BCUT2D eigenvalue weighted by atomic mass is 35.5. The van der Waals surface area contributed by atoms with Crippen molar-refractivity contribution < 1.29 is 4.79 Å². The molecule has 2 aromatic heterocycles. The Morgan fingerprint density at radius 2 is 2.00 bits per heavy atom. The number of hydrogen-bond acceptors (Lipinski definition) is 4. The lowest BCUT2D eigenvalue weighted by molar-refractivity contribution is 0.0957. The normalized spacial score (nSPS) is 10.8. The van der Waals surface area contributed by atoms with Crippen molar-refractivity contribution in [3.63, 3.8) is 0 Å². The van der Waals surface area contributed by atoms with Gasteiger partial charge in [0.05, 0.1) is 16.3 Å². The van der Waals surface area contributed by atoms with E-state index in [9.17, 15) is 9.59 Å². The number of aromatic nitrogens is 2. The molecule has 0 aliphatic rings. The molecule has 0 fully saturated rings. The zero-order chi connectivity index (χ0) is 15.7. The SMILES string of the molecule is CNC(=O)c1nn(Cc2ccc(Cl)s2)c(=O)c2ccccc12. The van der Waals surface area contributed by atoms with Crippen LogP contribution in [0.15, 0.2) is 41.2 Å². The fraction of sp³-hybridized carbons (Fsp3) is 0.133. The molecule has 0 radical (unpaired) electrons. The van der Waals surface area contributed by atoms with Crippen molar-refractivity contribution in [3.8, 4) is 0 Å². The van der Waals surface area contributed by atoms with Gasteiger partial charge in [-0.15, -0.1) is 11.3 Å². The van der Waals surface area contributed by atoms with Crippen molar-refractivity contribution in [2.75, 3.05) is 7.05 Å². The van der Waals surface area contributed by atoms with Gasteiger partial charge >= 0.3 is 0 Å². The summed E-state index contributed by atoms with van der Waals surface area (Å²) in [5.41, 5.74) is 0.00753. The first-order valence-corrected chi connectivity index (χ1v) is 7.75. The molecule has 0 bridgehead atoms. The molecular formula is C15H12ClN3O2S. The van der Waals surface area contributed by atoms with E-state index in [-0.39, 0.29) is 23.7 Å². The molecule has 0 aliphatic carbocycles. The van der Waals surface area contributed by atoms with E-state index in [0.29, 0.717) is 15.1 Å². The molecule has 1 aromatic carbocycles. The summed E-state index contributed by atoms with van der Waals surface area (Å²) < 4.78 is 1.95. The Bertz CT molecular complexity index is 917. The fourth-order valence-electron chi connectivity index (χ4n) is 2.21. The van der Waals surface area contributed by atoms with Gasteiger partial charge in [-0.25, -0.2) is 4.68 Å². The Hall–Kier alpha value is -2.18. The Morgan fingerprint density at radius 3 is 2.64 bits per heavy atom. The molecule has 5 nitrogen and oxygen atoms in total. The Labute approximate surface area is 135 Å². The Morgan fingerprint density at radius 1 is 1.27 bits per heavy atom. The van der Waals surface area contributed by atoms with Crippen molar-refractivity contribution in [2.24, 2.45) is 0 Å². The number of amides is 1.